The maximum Gasteiger partial charge on any atom is 0.0540 e. The van der Waals surface area contributed by atoms with Crippen molar-refractivity contribution in [3.63, 3.8) is 0 Å². The van der Waals surface area contributed by atoms with E-state index in [9.17, 15) is 5.11 Å². The minimum atomic E-state index is -0.132. The van der Waals surface area contributed by atoms with Crippen LogP contribution in [0.15, 0.2) is 0 Å². The Kier molecular flexibility index (Phi) is 7.92. The number of aliphatic hydroxyl groups excluding tert-OH is 1. The van der Waals surface area contributed by atoms with E-state index in [0.29, 0.717) is 5.92 Å². The van der Waals surface area contributed by atoms with Crippen molar-refractivity contribution in [2.45, 2.75) is 90.6 Å². The average molecular weight is 240 g/mol. The van der Waals surface area contributed by atoms with Gasteiger partial charge in [0.1, 0.15) is 0 Å². The monoisotopic (exact) mass is 240 g/mol. The average Bonchev–Trinajstić information content (AvgIpc) is 2.29. The molecule has 1 fully saturated rings. The second-order valence-electron chi connectivity index (χ2n) is 6.12. The molecule has 0 aromatic carbocycles. The van der Waals surface area contributed by atoms with Gasteiger partial charge in [-0.2, -0.15) is 0 Å². The second kappa shape index (κ2) is 8.97. The van der Waals surface area contributed by atoms with E-state index in [1.807, 2.05) is 6.92 Å². The van der Waals surface area contributed by atoms with E-state index in [1.165, 1.54) is 70.6 Å². The predicted molar refractivity (Wildman–Crippen MR) is 75.1 cm³/mol. The van der Waals surface area contributed by atoms with Gasteiger partial charge in [-0.1, -0.05) is 77.6 Å². The van der Waals surface area contributed by atoms with Gasteiger partial charge in [-0.3, -0.25) is 0 Å². The lowest BCUT2D eigenvalue weighted by Crippen LogP contribution is -2.23. The zero-order valence-corrected chi connectivity index (χ0v) is 12.0. The molecule has 0 saturated heterocycles. The first kappa shape index (κ1) is 15.0. The molecule has 1 aliphatic carbocycles. The third kappa shape index (κ3) is 6.45. The summed E-state index contributed by atoms with van der Waals surface area (Å²) in [7, 11) is 0. The molecule has 0 heterocycles. The summed E-state index contributed by atoms with van der Waals surface area (Å²) >= 11 is 0. The zero-order valence-electron chi connectivity index (χ0n) is 12.0. The molecule has 1 rings (SSSR count). The summed E-state index contributed by atoms with van der Waals surface area (Å²) in [6, 6.07) is 0. The zero-order chi connectivity index (χ0) is 12.5. The van der Waals surface area contributed by atoms with Gasteiger partial charge in [-0.25, -0.2) is 0 Å². The van der Waals surface area contributed by atoms with Crippen LogP contribution < -0.4 is 0 Å². The van der Waals surface area contributed by atoms with Crippen LogP contribution in [0.3, 0.4) is 0 Å². The van der Waals surface area contributed by atoms with Crippen molar-refractivity contribution in [2.24, 2.45) is 11.8 Å². The van der Waals surface area contributed by atoms with Crippen molar-refractivity contribution >= 4 is 0 Å². The Morgan fingerprint density at radius 2 is 1.06 bits per heavy atom. The quantitative estimate of drug-likeness (QED) is 0.726. The number of hydrogen-bond donors (Lipinski definition) is 1. The summed E-state index contributed by atoms with van der Waals surface area (Å²) in [4.78, 5) is 0. The van der Waals surface area contributed by atoms with E-state index in [1.54, 1.807) is 0 Å². The van der Waals surface area contributed by atoms with Gasteiger partial charge in [0.25, 0.3) is 0 Å². The molecule has 0 radical (unpaired) electrons. The van der Waals surface area contributed by atoms with Crippen LogP contribution in [0.2, 0.25) is 0 Å². The lowest BCUT2D eigenvalue weighted by Gasteiger charge is -2.26. The molecule has 0 amide bonds. The molecule has 0 spiro atoms. The van der Waals surface area contributed by atoms with Crippen LogP contribution in [-0.2, 0) is 0 Å². The van der Waals surface area contributed by atoms with Crippen molar-refractivity contribution in [1.29, 1.82) is 0 Å². The first-order valence-corrected chi connectivity index (χ1v) is 7.90. The van der Waals surface area contributed by atoms with Gasteiger partial charge in [0.2, 0.25) is 0 Å². The Bertz CT molecular complexity index is 164. The van der Waals surface area contributed by atoms with Crippen molar-refractivity contribution in [3.05, 3.63) is 0 Å². The van der Waals surface area contributed by atoms with E-state index < -0.39 is 0 Å². The van der Waals surface area contributed by atoms with E-state index in [-0.39, 0.29) is 6.10 Å². The fourth-order valence-electron chi connectivity index (χ4n) is 3.11. The van der Waals surface area contributed by atoms with Gasteiger partial charge in [0, 0.05) is 0 Å². The Morgan fingerprint density at radius 3 is 1.41 bits per heavy atom. The highest BCUT2D eigenvalue weighted by atomic mass is 16.3. The molecule has 0 aromatic rings. The summed E-state index contributed by atoms with van der Waals surface area (Å²) in [6.07, 6.45) is 15.3. The van der Waals surface area contributed by atoms with E-state index >= 15 is 0 Å². The summed E-state index contributed by atoms with van der Waals surface area (Å²) in [5.41, 5.74) is 0. The van der Waals surface area contributed by atoms with Gasteiger partial charge in [-0.15, -0.1) is 0 Å². The third-order valence-corrected chi connectivity index (χ3v) is 4.65. The van der Waals surface area contributed by atoms with Crippen LogP contribution in [0.5, 0.6) is 0 Å². The number of hydrogen-bond acceptors (Lipinski definition) is 1. The van der Waals surface area contributed by atoms with Crippen LogP contribution in [-0.4, -0.2) is 11.2 Å². The molecule has 1 aliphatic rings. The second-order valence-corrected chi connectivity index (χ2v) is 6.12. The Hall–Kier alpha value is -0.0400. The molecule has 0 aliphatic heterocycles. The van der Waals surface area contributed by atoms with E-state index in [0.717, 1.165) is 5.92 Å². The van der Waals surface area contributed by atoms with Crippen LogP contribution >= 0.6 is 0 Å². The molecule has 1 saturated carbocycles. The van der Waals surface area contributed by atoms with Crippen LogP contribution in [0.4, 0.5) is 0 Å². The predicted octanol–water partition coefficient (Wildman–Crippen LogP) is 4.92. The molecule has 1 nitrogen and oxygen atoms in total. The molecule has 2 atom stereocenters. The molecular weight excluding hydrogens is 208 g/mol. The van der Waals surface area contributed by atoms with Crippen molar-refractivity contribution in [3.8, 4) is 0 Å². The molecular formula is C16H32O. The van der Waals surface area contributed by atoms with Gasteiger partial charge in [0.05, 0.1) is 6.10 Å². The van der Waals surface area contributed by atoms with Gasteiger partial charge in [0.15, 0.2) is 0 Å². The molecule has 102 valence electrons. The van der Waals surface area contributed by atoms with E-state index in [2.05, 4.69) is 6.92 Å². The Balaban J connectivity index is 2.37. The smallest absolute Gasteiger partial charge is 0.0540 e. The molecule has 0 bridgehead atoms. The fourth-order valence-corrected chi connectivity index (χ4v) is 3.11. The number of aliphatic hydroxyl groups is 1. The minimum absolute atomic E-state index is 0.132. The highest BCUT2D eigenvalue weighted by Crippen LogP contribution is 2.28. The largest absolute Gasteiger partial charge is 0.393 e. The summed E-state index contributed by atoms with van der Waals surface area (Å²) in [6.45, 7) is 4.20. The van der Waals surface area contributed by atoms with Crippen molar-refractivity contribution in [2.75, 3.05) is 0 Å². The number of rotatable bonds is 2. The molecule has 0 aromatic heterocycles. The van der Waals surface area contributed by atoms with E-state index in [4.69, 9.17) is 0 Å². The highest BCUT2D eigenvalue weighted by Gasteiger charge is 2.20. The normalized spacial score (nSPS) is 25.6. The summed E-state index contributed by atoms with van der Waals surface area (Å²) < 4.78 is 0. The maximum atomic E-state index is 9.76. The molecule has 1 N–H and O–H groups in total. The molecule has 17 heavy (non-hydrogen) atoms. The molecule has 2 unspecified atom stereocenters. The Morgan fingerprint density at radius 1 is 0.706 bits per heavy atom. The van der Waals surface area contributed by atoms with Crippen LogP contribution in [0.25, 0.3) is 0 Å². The topological polar surface area (TPSA) is 20.2 Å². The lowest BCUT2D eigenvalue weighted by atomic mass is 9.81. The highest BCUT2D eigenvalue weighted by molar-refractivity contribution is 4.71. The van der Waals surface area contributed by atoms with Crippen molar-refractivity contribution in [1.82, 2.24) is 0 Å². The van der Waals surface area contributed by atoms with Crippen molar-refractivity contribution < 1.29 is 5.11 Å². The molecule has 1 heteroatoms. The minimum Gasteiger partial charge on any atom is -0.393 e. The lowest BCUT2D eigenvalue weighted by molar-refractivity contribution is 0.0893. The Labute approximate surface area is 108 Å². The van der Waals surface area contributed by atoms with Crippen LogP contribution in [0.1, 0.15) is 84.5 Å². The first-order chi connectivity index (χ1) is 8.22. The van der Waals surface area contributed by atoms with Gasteiger partial charge >= 0.3 is 0 Å². The standard InChI is InChI=1S/C16H32O/c1-14(15(2)17)16-12-10-8-6-4-3-5-7-9-11-13-16/h14-17H,3-13H2,1-2H3. The first-order valence-electron chi connectivity index (χ1n) is 7.90. The summed E-state index contributed by atoms with van der Waals surface area (Å²) in [5, 5.41) is 9.76. The van der Waals surface area contributed by atoms with Gasteiger partial charge < -0.3 is 5.11 Å². The van der Waals surface area contributed by atoms with Gasteiger partial charge in [-0.05, 0) is 18.8 Å². The summed E-state index contributed by atoms with van der Waals surface area (Å²) in [5.74, 6) is 1.24. The third-order valence-electron chi connectivity index (χ3n) is 4.65. The SMILES string of the molecule is CC(O)C(C)C1CCCCCCCCCCC1. The van der Waals surface area contributed by atoms with Crippen LogP contribution in [0, 0.1) is 11.8 Å². The fraction of sp³-hybridized carbons (Fsp3) is 1.00. The maximum absolute atomic E-state index is 9.76.